The lowest BCUT2D eigenvalue weighted by atomic mass is 9.99. The Morgan fingerprint density at radius 1 is 1.40 bits per heavy atom. The molecule has 3 rings (SSSR count). The summed E-state index contributed by atoms with van der Waals surface area (Å²) in [7, 11) is 0. The number of halogens is 2. The van der Waals surface area contributed by atoms with Crippen molar-refractivity contribution in [2.75, 3.05) is 13.2 Å². The normalized spacial score (nSPS) is 24.2. The van der Waals surface area contributed by atoms with Crippen LogP contribution in [0.25, 0.3) is 0 Å². The molecule has 0 bridgehead atoms. The molecule has 1 aromatic carbocycles. The zero-order valence-electron chi connectivity index (χ0n) is 11.0. The molecule has 2 aliphatic rings. The van der Waals surface area contributed by atoms with E-state index < -0.39 is 0 Å². The van der Waals surface area contributed by atoms with Crippen LogP contribution in [0.4, 0.5) is 4.39 Å². The molecule has 2 atom stereocenters. The summed E-state index contributed by atoms with van der Waals surface area (Å²) in [6.45, 7) is 1.31. The molecule has 2 aliphatic heterocycles. The van der Waals surface area contributed by atoms with Gasteiger partial charge in [0.2, 0.25) is 5.91 Å². The Balaban J connectivity index is 0.00000147. The van der Waals surface area contributed by atoms with E-state index in [1.807, 2.05) is 6.07 Å². The Morgan fingerprint density at radius 2 is 2.25 bits per heavy atom. The summed E-state index contributed by atoms with van der Waals surface area (Å²) in [5, 5.41) is 6.16. The number of hydrogen-bond donors (Lipinski definition) is 2. The lowest BCUT2D eigenvalue weighted by Gasteiger charge is -2.27. The number of hydrogen-bond acceptors (Lipinski definition) is 3. The molecule has 0 aromatic heterocycles. The molecule has 4 nitrogen and oxygen atoms in total. The first kappa shape index (κ1) is 15.1. The van der Waals surface area contributed by atoms with E-state index in [1.54, 1.807) is 6.07 Å². The van der Waals surface area contributed by atoms with Gasteiger partial charge in [0.25, 0.3) is 0 Å². The van der Waals surface area contributed by atoms with Gasteiger partial charge >= 0.3 is 0 Å². The molecule has 1 aromatic rings. The number of amides is 1. The number of para-hydroxylation sites is 1. The molecule has 0 spiro atoms. The van der Waals surface area contributed by atoms with Crippen molar-refractivity contribution in [3.63, 3.8) is 0 Å². The van der Waals surface area contributed by atoms with Crippen LogP contribution in [0, 0.1) is 5.82 Å². The molecule has 1 unspecified atom stereocenters. The van der Waals surface area contributed by atoms with E-state index >= 15 is 0 Å². The van der Waals surface area contributed by atoms with Crippen LogP contribution in [0.3, 0.4) is 0 Å². The van der Waals surface area contributed by atoms with Gasteiger partial charge < -0.3 is 15.4 Å². The Hall–Kier alpha value is -1.33. The Morgan fingerprint density at radius 3 is 3.00 bits per heavy atom. The zero-order valence-corrected chi connectivity index (χ0v) is 11.8. The molecule has 0 radical (unpaired) electrons. The first-order valence-electron chi connectivity index (χ1n) is 6.70. The zero-order chi connectivity index (χ0) is 13.2. The highest BCUT2D eigenvalue weighted by Crippen LogP contribution is 2.34. The van der Waals surface area contributed by atoms with Crippen molar-refractivity contribution in [1.29, 1.82) is 0 Å². The van der Waals surface area contributed by atoms with Crippen molar-refractivity contribution in [1.82, 2.24) is 10.6 Å². The van der Waals surface area contributed by atoms with Crippen molar-refractivity contribution < 1.29 is 13.9 Å². The fourth-order valence-corrected chi connectivity index (χ4v) is 2.72. The van der Waals surface area contributed by atoms with Gasteiger partial charge in [-0.3, -0.25) is 4.79 Å². The molecule has 0 saturated carbocycles. The second kappa shape index (κ2) is 6.41. The number of carbonyl (C=O) groups is 1. The predicted molar refractivity (Wildman–Crippen MR) is 75.7 cm³/mol. The average molecular weight is 301 g/mol. The summed E-state index contributed by atoms with van der Waals surface area (Å²) in [5.41, 5.74) is 0.734. The molecule has 1 fully saturated rings. The number of benzene rings is 1. The van der Waals surface area contributed by atoms with Crippen molar-refractivity contribution in [2.24, 2.45) is 0 Å². The van der Waals surface area contributed by atoms with Crippen LogP contribution in [-0.4, -0.2) is 25.1 Å². The van der Waals surface area contributed by atoms with E-state index in [0.717, 1.165) is 24.9 Å². The molecule has 110 valence electrons. The Labute approximate surface area is 123 Å². The summed E-state index contributed by atoms with van der Waals surface area (Å²) in [5.74, 6) is -0.0894. The maximum absolute atomic E-state index is 13.6. The SMILES string of the molecule is Cl.O=C(N[C@@H]1CCOc2c(F)cccc21)C1CCCN1. The number of rotatable bonds is 2. The van der Waals surface area contributed by atoms with Crippen molar-refractivity contribution >= 4 is 18.3 Å². The second-order valence-electron chi connectivity index (χ2n) is 5.01. The topological polar surface area (TPSA) is 50.4 Å². The Kier molecular flexibility index (Phi) is 4.83. The van der Waals surface area contributed by atoms with Gasteiger partial charge in [0.15, 0.2) is 11.6 Å². The van der Waals surface area contributed by atoms with Gasteiger partial charge in [0, 0.05) is 12.0 Å². The van der Waals surface area contributed by atoms with E-state index in [4.69, 9.17) is 4.74 Å². The third-order valence-electron chi connectivity index (χ3n) is 3.72. The second-order valence-corrected chi connectivity index (χ2v) is 5.01. The molecule has 6 heteroatoms. The molecule has 1 amide bonds. The third-order valence-corrected chi connectivity index (χ3v) is 3.72. The van der Waals surface area contributed by atoms with Crippen LogP contribution in [0.1, 0.15) is 30.9 Å². The summed E-state index contributed by atoms with van der Waals surface area (Å²) in [6.07, 6.45) is 2.57. The average Bonchev–Trinajstić information content (AvgIpc) is 2.94. The van der Waals surface area contributed by atoms with E-state index in [9.17, 15) is 9.18 Å². The number of carbonyl (C=O) groups excluding carboxylic acids is 1. The summed E-state index contributed by atoms with van der Waals surface area (Å²) in [4.78, 5) is 12.1. The largest absolute Gasteiger partial charge is 0.490 e. The highest BCUT2D eigenvalue weighted by Gasteiger charge is 2.28. The highest BCUT2D eigenvalue weighted by molar-refractivity contribution is 5.85. The molecular formula is C14H18ClFN2O2. The smallest absolute Gasteiger partial charge is 0.237 e. The van der Waals surface area contributed by atoms with Crippen LogP contribution in [0.5, 0.6) is 5.75 Å². The lowest BCUT2D eigenvalue weighted by molar-refractivity contribution is -0.123. The van der Waals surface area contributed by atoms with Gasteiger partial charge in [-0.05, 0) is 25.5 Å². The van der Waals surface area contributed by atoms with Gasteiger partial charge in [-0.25, -0.2) is 4.39 Å². The predicted octanol–water partition coefficient (Wildman–Crippen LogP) is 1.94. The monoisotopic (exact) mass is 300 g/mol. The molecule has 0 aliphatic carbocycles. The van der Waals surface area contributed by atoms with Crippen LogP contribution in [0.2, 0.25) is 0 Å². The van der Waals surface area contributed by atoms with Gasteiger partial charge in [-0.1, -0.05) is 12.1 Å². The number of ether oxygens (including phenoxy) is 1. The maximum Gasteiger partial charge on any atom is 0.237 e. The minimum Gasteiger partial charge on any atom is -0.490 e. The lowest BCUT2D eigenvalue weighted by Crippen LogP contribution is -2.43. The van der Waals surface area contributed by atoms with E-state index in [0.29, 0.717) is 13.0 Å². The fourth-order valence-electron chi connectivity index (χ4n) is 2.72. The molecular weight excluding hydrogens is 283 g/mol. The van der Waals surface area contributed by atoms with Crippen LogP contribution in [-0.2, 0) is 4.79 Å². The first-order valence-corrected chi connectivity index (χ1v) is 6.70. The van der Waals surface area contributed by atoms with E-state index in [2.05, 4.69) is 10.6 Å². The van der Waals surface area contributed by atoms with Crippen molar-refractivity contribution in [3.05, 3.63) is 29.6 Å². The minimum atomic E-state index is -0.365. The molecule has 1 saturated heterocycles. The summed E-state index contributed by atoms with van der Waals surface area (Å²) in [6, 6.07) is 4.57. The Bertz CT molecular complexity index is 492. The molecule has 2 heterocycles. The van der Waals surface area contributed by atoms with Crippen molar-refractivity contribution in [3.8, 4) is 5.75 Å². The van der Waals surface area contributed by atoms with Gasteiger partial charge in [-0.15, -0.1) is 12.4 Å². The van der Waals surface area contributed by atoms with E-state index in [-0.39, 0.29) is 42.0 Å². The van der Waals surface area contributed by atoms with E-state index in [1.165, 1.54) is 6.07 Å². The van der Waals surface area contributed by atoms with Gasteiger partial charge in [0.1, 0.15) is 0 Å². The van der Waals surface area contributed by atoms with Gasteiger partial charge in [0.05, 0.1) is 18.7 Å². The van der Waals surface area contributed by atoms with Crippen LogP contribution >= 0.6 is 12.4 Å². The number of fused-ring (bicyclic) bond motifs is 1. The third kappa shape index (κ3) is 2.88. The van der Waals surface area contributed by atoms with Crippen LogP contribution in [0.15, 0.2) is 18.2 Å². The summed E-state index contributed by atoms with van der Waals surface area (Å²) >= 11 is 0. The summed E-state index contributed by atoms with van der Waals surface area (Å²) < 4.78 is 19.0. The van der Waals surface area contributed by atoms with Gasteiger partial charge in [-0.2, -0.15) is 0 Å². The fraction of sp³-hybridized carbons (Fsp3) is 0.500. The maximum atomic E-state index is 13.6. The minimum absolute atomic E-state index is 0. The standard InChI is InChI=1S/C14H17FN2O2.ClH/c15-10-4-1-3-9-11(6-8-19-13(9)10)17-14(18)12-5-2-7-16-12;/h1,3-4,11-12,16H,2,5-8H2,(H,17,18);1H/t11-,12?;/m1./s1. The van der Waals surface area contributed by atoms with Crippen LogP contribution < -0.4 is 15.4 Å². The molecule has 20 heavy (non-hydrogen) atoms. The quantitative estimate of drug-likeness (QED) is 0.877. The highest BCUT2D eigenvalue weighted by atomic mass is 35.5. The number of nitrogens with one attached hydrogen (secondary N) is 2. The molecule has 2 N–H and O–H groups in total. The van der Waals surface area contributed by atoms with Crippen molar-refractivity contribution in [2.45, 2.75) is 31.3 Å². The first-order chi connectivity index (χ1) is 9.25.